The fourth-order valence-electron chi connectivity index (χ4n) is 2.75. The summed E-state index contributed by atoms with van der Waals surface area (Å²) in [5, 5.41) is 2.06. The molecule has 1 aliphatic rings. The van der Waals surface area contributed by atoms with Crippen LogP contribution in [0.5, 0.6) is 0 Å². The monoisotopic (exact) mass is 308 g/mol. The van der Waals surface area contributed by atoms with Gasteiger partial charge in [-0.05, 0) is 23.6 Å². The van der Waals surface area contributed by atoms with Crippen molar-refractivity contribution in [3.05, 3.63) is 65.1 Å². The molecule has 110 valence electrons. The van der Waals surface area contributed by atoms with Crippen molar-refractivity contribution in [1.29, 1.82) is 0 Å². The summed E-state index contributed by atoms with van der Waals surface area (Å²) in [6.07, 6.45) is 4.81. The Bertz CT molecular complexity index is 756. The third-order valence-electron chi connectivity index (χ3n) is 3.87. The SMILES string of the molecule is c1ccc(CN2CCc3nc(-c4cccs4)ncc3C2)nc1. The predicted octanol–water partition coefficient (Wildman–Crippen LogP) is 3.16. The van der Waals surface area contributed by atoms with Crippen LogP contribution in [0.3, 0.4) is 0 Å². The average molecular weight is 308 g/mol. The minimum Gasteiger partial charge on any atom is -0.293 e. The van der Waals surface area contributed by atoms with E-state index < -0.39 is 0 Å². The zero-order chi connectivity index (χ0) is 14.8. The van der Waals surface area contributed by atoms with Crippen LogP contribution in [0.2, 0.25) is 0 Å². The van der Waals surface area contributed by atoms with Crippen molar-refractivity contribution in [3.8, 4) is 10.7 Å². The Morgan fingerprint density at radius 3 is 2.95 bits per heavy atom. The zero-order valence-electron chi connectivity index (χ0n) is 12.1. The Balaban J connectivity index is 1.52. The summed E-state index contributed by atoms with van der Waals surface area (Å²) < 4.78 is 0. The molecule has 1 aliphatic heterocycles. The summed E-state index contributed by atoms with van der Waals surface area (Å²) in [7, 11) is 0. The van der Waals surface area contributed by atoms with E-state index in [-0.39, 0.29) is 0 Å². The first-order chi connectivity index (χ1) is 10.9. The molecule has 5 heteroatoms. The minimum atomic E-state index is 0.854. The van der Waals surface area contributed by atoms with Gasteiger partial charge >= 0.3 is 0 Å². The number of thiophene rings is 1. The Morgan fingerprint density at radius 1 is 1.14 bits per heavy atom. The van der Waals surface area contributed by atoms with Crippen LogP contribution in [0.4, 0.5) is 0 Å². The van der Waals surface area contributed by atoms with E-state index in [1.54, 1.807) is 11.3 Å². The van der Waals surface area contributed by atoms with Crippen LogP contribution in [0, 0.1) is 0 Å². The molecular weight excluding hydrogens is 292 g/mol. The van der Waals surface area contributed by atoms with Gasteiger partial charge in [-0.1, -0.05) is 12.1 Å². The van der Waals surface area contributed by atoms with Crippen molar-refractivity contribution in [2.24, 2.45) is 0 Å². The molecule has 0 unspecified atom stereocenters. The number of aromatic nitrogens is 3. The van der Waals surface area contributed by atoms with Crippen LogP contribution in [0.25, 0.3) is 10.7 Å². The van der Waals surface area contributed by atoms with Crippen LogP contribution in [0.15, 0.2) is 48.1 Å². The molecule has 3 aromatic heterocycles. The minimum absolute atomic E-state index is 0.854. The summed E-state index contributed by atoms with van der Waals surface area (Å²) in [6, 6.07) is 10.2. The van der Waals surface area contributed by atoms with E-state index in [2.05, 4.69) is 32.4 Å². The second-order valence-electron chi connectivity index (χ2n) is 5.42. The van der Waals surface area contributed by atoms with E-state index in [9.17, 15) is 0 Å². The number of fused-ring (bicyclic) bond motifs is 1. The van der Waals surface area contributed by atoms with Gasteiger partial charge in [-0.3, -0.25) is 9.88 Å². The number of hydrogen-bond acceptors (Lipinski definition) is 5. The van der Waals surface area contributed by atoms with Crippen LogP contribution < -0.4 is 0 Å². The normalized spacial score (nSPS) is 14.7. The largest absolute Gasteiger partial charge is 0.293 e. The van der Waals surface area contributed by atoms with Crippen LogP contribution in [-0.4, -0.2) is 26.4 Å². The Morgan fingerprint density at radius 2 is 2.14 bits per heavy atom. The van der Waals surface area contributed by atoms with Crippen molar-refractivity contribution in [2.45, 2.75) is 19.5 Å². The molecule has 22 heavy (non-hydrogen) atoms. The first-order valence-corrected chi connectivity index (χ1v) is 8.27. The number of rotatable bonds is 3. The van der Waals surface area contributed by atoms with Crippen molar-refractivity contribution < 1.29 is 0 Å². The molecular formula is C17H16N4S. The lowest BCUT2D eigenvalue weighted by molar-refractivity contribution is 0.240. The molecule has 0 aromatic carbocycles. The molecule has 0 N–H and O–H groups in total. The number of pyridine rings is 1. The maximum Gasteiger partial charge on any atom is 0.169 e. The lowest BCUT2D eigenvalue weighted by atomic mass is 10.1. The van der Waals surface area contributed by atoms with E-state index in [1.807, 2.05) is 30.6 Å². The highest BCUT2D eigenvalue weighted by atomic mass is 32.1. The van der Waals surface area contributed by atoms with Gasteiger partial charge in [0.05, 0.1) is 16.3 Å². The molecule has 0 atom stereocenters. The van der Waals surface area contributed by atoms with Gasteiger partial charge in [0.1, 0.15) is 0 Å². The van der Waals surface area contributed by atoms with E-state index in [0.717, 1.165) is 42.5 Å². The lowest BCUT2D eigenvalue weighted by Gasteiger charge is -2.27. The first-order valence-electron chi connectivity index (χ1n) is 7.39. The zero-order valence-corrected chi connectivity index (χ0v) is 13.0. The molecule has 0 amide bonds. The van der Waals surface area contributed by atoms with Gasteiger partial charge in [-0.25, -0.2) is 9.97 Å². The van der Waals surface area contributed by atoms with Gasteiger partial charge in [-0.2, -0.15) is 0 Å². The molecule has 4 rings (SSSR count). The quantitative estimate of drug-likeness (QED) is 0.745. The highest BCUT2D eigenvalue weighted by molar-refractivity contribution is 7.13. The smallest absolute Gasteiger partial charge is 0.169 e. The second kappa shape index (κ2) is 5.94. The van der Waals surface area contributed by atoms with E-state index in [1.165, 1.54) is 11.3 Å². The third-order valence-corrected chi connectivity index (χ3v) is 4.73. The predicted molar refractivity (Wildman–Crippen MR) is 87.4 cm³/mol. The molecule has 0 fully saturated rings. The van der Waals surface area contributed by atoms with Gasteiger partial charge in [-0.15, -0.1) is 11.3 Å². The van der Waals surface area contributed by atoms with Crippen molar-refractivity contribution in [3.63, 3.8) is 0 Å². The molecule has 0 bridgehead atoms. The van der Waals surface area contributed by atoms with Crippen molar-refractivity contribution in [1.82, 2.24) is 19.9 Å². The molecule has 4 heterocycles. The van der Waals surface area contributed by atoms with E-state index in [4.69, 9.17) is 4.98 Å². The summed E-state index contributed by atoms with van der Waals surface area (Å²) in [5.41, 5.74) is 3.54. The standard InChI is InChI=1S/C17H16N4S/c1-2-7-18-14(4-1)12-21-8-6-15-13(11-21)10-19-17(20-15)16-5-3-9-22-16/h1-5,7,9-10H,6,8,11-12H2. The fourth-order valence-corrected chi connectivity index (χ4v) is 3.42. The molecule has 4 nitrogen and oxygen atoms in total. The van der Waals surface area contributed by atoms with Crippen molar-refractivity contribution in [2.75, 3.05) is 6.54 Å². The fraction of sp³-hybridized carbons (Fsp3) is 0.235. The summed E-state index contributed by atoms with van der Waals surface area (Å²) in [6.45, 7) is 2.80. The van der Waals surface area contributed by atoms with Gasteiger partial charge in [0, 0.05) is 44.0 Å². The van der Waals surface area contributed by atoms with Crippen LogP contribution in [-0.2, 0) is 19.5 Å². The van der Waals surface area contributed by atoms with Gasteiger partial charge in [0.2, 0.25) is 0 Å². The number of hydrogen-bond donors (Lipinski definition) is 0. The molecule has 0 saturated carbocycles. The average Bonchev–Trinajstić information content (AvgIpc) is 3.10. The lowest BCUT2D eigenvalue weighted by Crippen LogP contribution is -2.31. The Labute approximate surface area is 133 Å². The van der Waals surface area contributed by atoms with Gasteiger partial charge in [0.25, 0.3) is 0 Å². The van der Waals surface area contributed by atoms with Crippen molar-refractivity contribution >= 4 is 11.3 Å². The summed E-state index contributed by atoms with van der Waals surface area (Å²) in [4.78, 5) is 17.2. The summed E-state index contributed by atoms with van der Waals surface area (Å²) in [5.74, 6) is 0.854. The van der Waals surface area contributed by atoms with Crippen LogP contribution in [0.1, 0.15) is 17.0 Å². The highest BCUT2D eigenvalue weighted by Crippen LogP contribution is 2.24. The topological polar surface area (TPSA) is 41.9 Å². The molecule has 3 aromatic rings. The molecule has 0 saturated heterocycles. The summed E-state index contributed by atoms with van der Waals surface area (Å²) >= 11 is 1.69. The molecule has 0 radical (unpaired) electrons. The number of nitrogens with zero attached hydrogens (tertiary/aromatic N) is 4. The van der Waals surface area contributed by atoms with Gasteiger partial charge < -0.3 is 0 Å². The first kappa shape index (κ1) is 13.5. The Hall–Kier alpha value is -2.11. The maximum atomic E-state index is 4.75. The van der Waals surface area contributed by atoms with E-state index >= 15 is 0 Å². The molecule has 0 spiro atoms. The van der Waals surface area contributed by atoms with E-state index in [0.29, 0.717) is 0 Å². The van der Waals surface area contributed by atoms with Gasteiger partial charge in [0.15, 0.2) is 5.82 Å². The third kappa shape index (κ3) is 2.77. The Kier molecular flexibility index (Phi) is 3.66. The highest BCUT2D eigenvalue weighted by Gasteiger charge is 2.19. The molecule has 0 aliphatic carbocycles. The van der Waals surface area contributed by atoms with Crippen LogP contribution >= 0.6 is 11.3 Å². The maximum absolute atomic E-state index is 4.75. The second-order valence-corrected chi connectivity index (χ2v) is 6.37.